The van der Waals surface area contributed by atoms with Gasteiger partial charge in [-0.3, -0.25) is 4.98 Å². The number of unbranched alkanes of at least 4 members (excludes halogenated alkanes) is 14. The number of aromatic nitrogens is 2. The molecule has 0 saturated carbocycles. The van der Waals surface area contributed by atoms with Gasteiger partial charge in [0.2, 0.25) is 6.33 Å². The van der Waals surface area contributed by atoms with E-state index in [4.69, 9.17) is 0 Å². The molecule has 37 heavy (non-hydrogen) atoms. The highest BCUT2D eigenvalue weighted by Gasteiger charge is 2.28. The van der Waals surface area contributed by atoms with Crippen molar-refractivity contribution in [3.05, 3.63) is 90.5 Å². The fraction of sp³-hybridized carbons (Fsp3) is 0.571. The Labute approximate surface area is 227 Å². The molecule has 0 aliphatic carbocycles. The third kappa shape index (κ3) is 11.7. The molecule has 2 heteroatoms. The third-order valence-electron chi connectivity index (χ3n) is 8.04. The van der Waals surface area contributed by atoms with E-state index in [1.54, 1.807) is 0 Å². The van der Waals surface area contributed by atoms with Gasteiger partial charge in [-0.2, -0.15) is 0 Å². The van der Waals surface area contributed by atoms with Crippen molar-refractivity contribution in [3.8, 4) is 0 Å². The van der Waals surface area contributed by atoms with Crippen molar-refractivity contribution in [2.45, 2.75) is 128 Å². The van der Waals surface area contributed by atoms with Crippen LogP contribution in [0.2, 0.25) is 0 Å². The minimum Gasteiger partial charge on any atom is -0.250 e. The lowest BCUT2D eigenvalue weighted by Gasteiger charge is -2.26. The van der Waals surface area contributed by atoms with Crippen molar-refractivity contribution in [2.75, 3.05) is 0 Å². The molecule has 202 valence electrons. The van der Waals surface area contributed by atoms with E-state index in [0.717, 1.165) is 6.42 Å². The minimum atomic E-state index is 0.468. The second-order valence-corrected chi connectivity index (χ2v) is 11.1. The van der Waals surface area contributed by atoms with Crippen LogP contribution in [0.15, 0.2) is 79.4 Å². The van der Waals surface area contributed by atoms with E-state index in [9.17, 15) is 0 Å². The molecule has 1 aromatic heterocycles. The molecule has 1 N–H and O–H groups in total. The molecule has 0 aliphatic rings. The summed E-state index contributed by atoms with van der Waals surface area (Å²) in [5, 5.41) is 0. The van der Waals surface area contributed by atoms with E-state index >= 15 is 0 Å². The van der Waals surface area contributed by atoms with Crippen molar-refractivity contribution in [3.63, 3.8) is 0 Å². The zero-order chi connectivity index (χ0) is 25.8. The highest BCUT2D eigenvalue weighted by atomic mass is 15.1. The van der Waals surface area contributed by atoms with Crippen molar-refractivity contribution in [1.82, 2.24) is 4.98 Å². The van der Waals surface area contributed by atoms with E-state index in [-0.39, 0.29) is 0 Å². The highest BCUT2D eigenvalue weighted by Crippen LogP contribution is 2.32. The Morgan fingerprint density at radius 3 is 1.65 bits per heavy atom. The quantitative estimate of drug-likeness (QED) is 0.111. The van der Waals surface area contributed by atoms with Crippen LogP contribution >= 0.6 is 0 Å². The van der Waals surface area contributed by atoms with Crippen molar-refractivity contribution in [1.29, 1.82) is 0 Å². The lowest BCUT2D eigenvalue weighted by molar-refractivity contribution is -0.725. The number of rotatable bonds is 21. The first-order chi connectivity index (χ1) is 18.4. The number of nitrogens with zero attached hydrogens (tertiary/aromatic N) is 1. The molecular formula is C35H53N2+. The standard InChI is InChI=1S/C35H52N2/c1-2-3-4-5-6-7-8-9-10-11-12-13-14-15-22-27-35(37-29-28-36-31-37)34(33-25-20-17-21-26-33)30-32-23-18-16-19-24-32/h16-21,23-26,28-29,31,34-35H,2-15,22,27,30H2,1H3/p+1. The average molecular weight is 502 g/mol. The zero-order valence-electron chi connectivity index (χ0n) is 23.6. The summed E-state index contributed by atoms with van der Waals surface area (Å²) in [6, 6.07) is 22.7. The predicted octanol–water partition coefficient (Wildman–Crippen LogP) is 10.1. The molecule has 2 atom stereocenters. The first-order valence-electron chi connectivity index (χ1n) is 15.5. The molecule has 2 nitrogen and oxygen atoms in total. The first kappa shape index (κ1) is 29.2. The monoisotopic (exact) mass is 501 g/mol. The number of H-pyrrole nitrogens is 1. The molecule has 0 bridgehead atoms. The second kappa shape index (κ2) is 18.8. The number of hydrogen-bond acceptors (Lipinski definition) is 0. The van der Waals surface area contributed by atoms with Crippen LogP contribution < -0.4 is 4.57 Å². The lowest BCUT2D eigenvalue weighted by atomic mass is 9.83. The Kier molecular flexibility index (Phi) is 14.9. The predicted molar refractivity (Wildman–Crippen MR) is 159 cm³/mol. The van der Waals surface area contributed by atoms with Gasteiger partial charge in [-0.25, -0.2) is 4.57 Å². The number of aromatic amines is 1. The van der Waals surface area contributed by atoms with E-state index in [1.807, 2.05) is 0 Å². The SMILES string of the molecule is CCCCCCCCCCCCCCCCCC(C(Cc1ccccc1)c1ccccc1)[n+]1cc[nH]c1. The van der Waals surface area contributed by atoms with Crippen LogP contribution in [0, 0.1) is 0 Å². The summed E-state index contributed by atoms with van der Waals surface area (Å²) < 4.78 is 2.42. The molecule has 0 amide bonds. The van der Waals surface area contributed by atoms with Crippen LogP contribution in [0.1, 0.15) is 133 Å². The molecule has 2 aromatic carbocycles. The summed E-state index contributed by atoms with van der Waals surface area (Å²) in [4.78, 5) is 3.30. The first-order valence-corrected chi connectivity index (χ1v) is 15.5. The summed E-state index contributed by atoms with van der Waals surface area (Å²) >= 11 is 0. The molecular weight excluding hydrogens is 448 g/mol. The van der Waals surface area contributed by atoms with Crippen LogP contribution in [-0.4, -0.2) is 4.98 Å². The molecule has 0 fully saturated rings. The lowest BCUT2D eigenvalue weighted by Crippen LogP contribution is -2.41. The van der Waals surface area contributed by atoms with Crippen LogP contribution in [0.5, 0.6) is 0 Å². The number of benzene rings is 2. The van der Waals surface area contributed by atoms with Gasteiger partial charge in [0.15, 0.2) is 0 Å². The van der Waals surface area contributed by atoms with Crippen molar-refractivity contribution < 1.29 is 4.57 Å². The van der Waals surface area contributed by atoms with Crippen LogP contribution in [0.25, 0.3) is 0 Å². The largest absolute Gasteiger partial charge is 0.250 e. The van der Waals surface area contributed by atoms with Gasteiger partial charge >= 0.3 is 0 Å². The highest BCUT2D eigenvalue weighted by molar-refractivity contribution is 5.25. The zero-order valence-corrected chi connectivity index (χ0v) is 23.6. The van der Waals surface area contributed by atoms with Gasteiger partial charge in [-0.15, -0.1) is 0 Å². The Bertz CT molecular complexity index is 888. The Balaban J connectivity index is 1.38. The summed E-state index contributed by atoms with van der Waals surface area (Å²) in [7, 11) is 0. The fourth-order valence-electron chi connectivity index (χ4n) is 5.83. The minimum absolute atomic E-state index is 0.468. The van der Waals surface area contributed by atoms with Crippen molar-refractivity contribution in [2.24, 2.45) is 0 Å². The van der Waals surface area contributed by atoms with Gasteiger partial charge in [0, 0.05) is 5.92 Å². The number of nitrogens with one attached hydrogen (secondary N) is 1. The normalized spacial score (nSPS) is 13.0. The van der Waals surface area contributed by atoms with Crippen LogP contribution in [-0.2, 0) is 6.42 Å². The van der Waals surface area contributed by atoms with Gasteiger partial charge < -0.3 is 0 Å². The van der Waals surface area contributed by atoms with Gasteiger partial charge in [-0.05, 0) is 30.4 Å². The molecule has 3 rings (SSSR count). The van der Waals surface area contributed by atoms with E-state index in [1.165, 1.54) is 114 Å². The average Bonchev–Trinajstić information content (AvgIpc) is 3.48. The molecule has 2 unspecified atom stereocenters. The fourth-order valence-corrected chi connectivity index (χ4v) is 5.83. The Morgan fingerprint density at radius 1 is 0.622 bits per heavy atom. The maximum absolute atomic E-state index is 3.30. The summed E-state index contributed by atoms with van der Waals surface area (Å²) in [6.45, 7) is 2.30. The van der Waals surface area contributed by atoms with Gasteiger partial charge in [0.1, 0.15) is 18.4 Å². The van der Waals surface area contributed by atoms with Gasteiger partial charge in [0.25, 0.3) is 0 Å². The molecule has 1 heterocycles. The van der Waals surface area contributed by atoms with Crippen molar-refractivity contribution >= 4 is 0 Å². The van der Waals surface area contributed by atoms with Crippen LogP contribution in [0.4, 0.5) is 0 Å². The third-order valence-corrected chi connectivity index (χ3v) is 8.04. The Hall–Kier alpha value is -2.35. The summed E-state index contributed by atoms with van der Waals surface area (Å²) in [6.07, 6.45) is 30.0. The summed E-state index contributed by atoms with van der Waals surface area (Å²) in [5.41, 5.74) is 2.87. The number of imidazole rings is 1. The number of hydrogen-bond donors (Lipinski definition) is 1. The van der Waals surface area contributed by atoms with E-state index in [0.29, 0.717) is 12.0 Å². The Morgan fingerprint density at radius 2 is 1.14 bits per heavy atom. The smallest absolute Gasteiger partial charge is 0.241 e. The maximum Gasteiger partial charge on any atom is 0.241 e. The topological polar surface area (TPSA) is 19.7 Å². The van der Waals surface area contributed by atoms with Crippen LogP contribution in [0.3, 0.4) is 0 Å². The molecule has 0 spiro atoms. The van der Waals surface area contributed by atoms with Gasteiger partial charge in [0.05, 0.1) is 0 Å². The van der Waals surface area contributed by atoms with Gasteiger partial charge in [-0.1, -0.05) is 157 Å². The summed E-state index contributed by atoms with van der Waals surface area (Å²) in [5.74, 6) is 0.469. The van der Waals surface area contributed by atoms with E-state index in [2.05, 4.69) is 95.9 Å². The molecule has 0 aliphatic heterocycles. The second-order valence-electron chi connectivity index (χ2n) is 11.1. The maximum atomic E-state index is 3.30. The molecule has 0 radical (unpaired) electrons. The molecule has 0 saturated heterocycles. The van der Waals surface area contributed by atoms with E-state index < -0.39 is 0 Å². The molecule has 3 aromatic rings.